The summed E-state index contributed by atoms with van der Waals surface area (Å²) in [7, 11) is 0. The molecule has 2 unspecified atom stereocenters. The van der Waals surface area contributed by atoms with Gasteiger partial charge in [0.15, 0.2) is 0 Å². The lowest BCUT2D eigenvalue weighted by Gasteiger charge is -2.16. The lowest BCUT2D eigenvalue weighted by atomic mass is 10.2. The van der Waals surface area contributed by atoms with Gasteiger partial charge in [0.1, 0.15) is 0 Å². The number of hydrogen-bond acceptors (Lipinski definition) is 3. The average Bonchev–Trinajstić information content (AvgIpc) is 2.74. The van der Waals surface area contributed by atoms with Crippen LogP contribution in [0.3, 0.4) is 0 Å². The summed E-state index contributed by atoms with van der Waals surface area (Å²) in [4.78, 5) is 0. The normalized spacial score (nSPS) is 23.2. The van der Waals surface area contributed by atoms with Crippen LogP contribution in [0.2, 0.25) is 0 Å². The van der Waals surface area contributed by atoms with Crippen LogP contribution in [-0.2, 0) is 9.47 Å². The maximum Gasteiger partial charge on any atom is 0.0809 e. The molecular formula is C12H25NO2. The van der Waals surface area contributed by atoms with E-state index in [9.17, 15) is 0 Å². The number of rotatable bonds is 8. The molecule has 0 amide bonds. The molecule has 0 bridgehead atoms. The summed E-state index contributed by atoms with van der Waals surface area (Å²) < 4.78 is 11.3. The maximum absolute atomic E-state index is 5.75. The second-order valence-corrected chi connectivity index (χ2v) is 4.27. The topological polar surface area (TPSA) is 30.5 Å². The Hall–Kier alpha value is -0.120. The predicted molar refractivity (Wildman–Crippen MR) is 62.2 cm³/mol. The molecule has 2 atom stereocenters. The molecular weight excluding hydrogens is 190 g/mol. The molecule has 3 heteroatoms. The van der Waals surface area contributed by atoms with Gasteiger partial charge in [-0.2, -0.15) is 0 Å². The molecule has 0 aromatic carbocycles. The van der Waals surface area contributed by atoms with Gasteiger partial charge in [0.05, 0.1) is 18.8 Å². The largest absolute Gasteiger partial charge is 0.376 e. The maximum atomic E-state index is 5.75. The minimum Gasteiger partial charge on any atom is -0.376 e. The lowest BCUT2D eigenvalue weighted by Crippen LogP contribution is -2.21. The third-order valence-corrected chi connectivity index (χ3v) is 2.80. The van der Waals surface area contributed by atoms with E-state index in [1.54, 1.807) is 0 Å². The first-order valence-electron chi connectivity index (χ1n) is 6.27. The number of hydrogen-bond donors (Lipinski definition) is 1. The second-order valence-electron chi connectivity index (χ2n) is 4.27. The molecule has 1 fully saturated rings. The molecule has 1 aliphatic heterocycles. The quantitative estimate of drug-likeness (QED) is 0.628. The van der Waals surface area contributed by atoms with Crippen LogP contribution in [0, 0.1) is 0 Å². The monoisotopic (exact) mass is 215 g/mol. The van der Waals surface area contributed by atoms with Gasteiger partial charge in [-0.15, -0.1) is 0 Å². The second kappa shape index (κ2) is 8.08. The third-order valence-electron chi connectivity index (χ3n) is 2.80. The van der Waals surface area contributed by atoms with Crippen molar-refractivity contribution in [1.82, 2.24) is 5.32 Å². The third kappa shape index (κ3) is 6.13. The number of ether oxygens (including phenoxy) is 2. The summed E-state index contributed by atoms with van der Waals surface area (Å²) in [5.41, 5.74) is 0. The van der Waals surface area contributed by atoms with E-state index in [0.717, 1.165) is 32.7 Å². The molecule has 0 aromatic rings. The van der Waals surface area contributed by atoms with E-state index >= 15 is 0 Å². The van der Waals surface area contributed by atoms with Gasteiger partial charge in [0.2, 0.25) is 0 Å². The highest BCUT2D eigenvalue weighted by Crippen LogP contribution is 2.13. The summed E-state index contributed by atoms with van der Waals surface area (Å²) in [6.45, 7) is 8.15. The summed E-state index contributed by atoms with van der Waals surface area (Å²) in [5, 5.41) is 3.32. The molecule has 1 N–H and O–H groups in total. The Bertz CT molecular complexity index is 147. The van der Waals surface area contributed by atoms with E-state index in [1.807, 2.05) is 0 Å². The smallest absolute Gasteiger partial charge is 0.0809 e. The van der Waals surface area contributed by atoms with Crippen molar-refractivity contribution in [3.8, 4) is 0 Å². The van der Waals surface area contributed by atoms with Crippen molar-refractivity contribution in [3.05, 3.63) is 0 Å². The summed E-state index contributed by atoms with van der Waals surface area (Å²) >= 11 is 0. The minimum atomic E-state index is 0.362. The van der Waals surface area contributed by atoms with Gasteiger partial charge in [-0.25, -0.2) is 0 Å². The lowest BCUT2D eigenvalue weighted by molar-refractivity contribution is -0.0168. The van der Waals surface area contributed by atoms with E-state index < -0.39 is 0 Å². The van der Waals surface area contributed by atoms with Crippen LogP contribution >= 0.6 is 0 Å². The highest BCUT2D eigenvalue weighted by molar-refractivity contribution is 4.64. The predicted octanol–water partition coefficient (Wildman–Crippen LogP) is 1.96. The fourth-order valence-corrected chi connectivity index (χ4v) is 1.82. The van der Waals surface area contributed by atoms with Gasteiger partial charge >= 0.3 is 0 Å². The van der Waals surface area contributed by atoms with Crippen molar-refractivity contribution in [2.75, 3.05) is 26.3 Å². The summed E-state index contributed by atoms with van der Waals surface area (Å²) in [6.07, 6.45) is 5.43. The van der Waals surface area contributed by atoms with Crippen LogP contribution in [-0.4, -0.2) is 38.5 Å². The van der Waals surface area contributed by atoms with Gasteiger partial charge in [-0.05, 0) is 45.7 Å². The SMILES string of the molecule is CCNCCCC(C)OCC1CCCO1. The Labute approximate surface area is 93.5 Å². The standard InChI is InChI=1S/C12H25NO2/c1-3-13-8-4-6-11(2)15-10-12-7-5-9-14-12/h11-13H,3-10H2,1-2H3. The fraction of sp³-hybridized carbons (Fsp3) is 1.00. The highest BCUT2D eigenvalue weighted by atomic mass is 16.5. The van der Waals surface area contributed by atoms with Crippen LogP contribution in [0.1, 0.15) is 39.5 Å². The van der Waals surface area contributed by atoms with Crippen molar-refractivity contribution in [2.45, 2.75) is 51.7 Å². The molecule has 0 aliphatic carbocycles. The van der Waals surface area contributed by atoms with E-state index in [0.29, 0.717) is 12.2 Å². The van der Waals surface area contributed by atoms with Crippen LogP contribution in [0.5, 0.6) is 0 Å². The molecule has 0 aromatic heterocycles. The molecule has 1 heterocycles. The van der Waals surface area contributed by atoms with E-state index in [1.165, 1.54) is 19.3 Å². The molecule has 1 rings (SSSR count). The highest BCUT2D eigenvalue weighted by Gasteiger charge is 2.16. The Morgan fingerprint density at radius 2 is 2.40 bits per heavy atom. The molecule has 3 nitrogen and oxygen atoms in total. The van der Waals surface area contributed by atoms with Crippen LogP contribution in [0.25, 0.3) is 0 Å². The summed E-state index contributed by atoms with van der Waals surface area (Å²) in [6, 6.07) is 0. The fourth-order valence-electron chi connectivity index (χ4n) is 1.82. The molecule has 0 spiro atoms. The van der Waals surface area contributed by atoms with Crippen molar-refractivity contribution in [2.24, 2.45) is 0 Å². The first-order chi connectivity index (χ1) is 7.33. The van der Waals surface area contributed by atoms with Gasteiger partial charge < -0.3 is 14.8 Å². The molecule has 1 saturated heterocycles. The van der Waals surface area contributed by atoms with E-state index in [-0.39, 0.29) is 0 Å². The molecule has 0 saturated carbocycles. The van der Waals surface area contributed by atoms with Crippen LogP contribution in [0.15, 0.2) is 0 Å². The Morgan fingerprint density at radius 1 is 1.53 bits per heavy atom. The van der Waals surface area contributed by atoms with Gasteiger partial charge in [0.25, 0.3) is 0 Å². The zero-order valence-electron chi connectivity index (χ0n) is 10.1. The van der Waals surface area contributed by atoms with Crippen molar-refractivity contribution in [3.63, 3.8) is 0 Å². The molecule has 0 radical (unpaired) electrons. The van der Waals surface area contributed by atoms with Crippen molar-refractivity contribution in [1.29, 1.82) is 0 Å². The van der Waals surface area contributed by atoms with Gasteiger partial charge in [-0.1, -0.05) is 6.92 Å². The van der Waals surface area contributed by atoms with Crippen molar-refractivity contribution >= 4 is 0 Å². The molecule has 15 heavy (non-hydrogen) atoms. The van der Waals surface area contributed by atoms with Gasteiger partial charge in [-0.3, -0.25) is 0 Å². The van der Waals surface area contributed by atoms with Crippen molar-refractivity contribution < 1.29 is 9.47 Å². The minimum absolute atomic E-state index is 0.362. The van der Waals surface area contributed by atoms with Crippen LogP contribution in [0.4, 0.5) is 0 Å². The van der Waals surface area contributed by atoms with Gasteiger partial charge in [0, 0.05) is 6.61 Å². The van der Waals surface area contributed by atoms with E-state index in [4.69, 9.17) is 9.47 Å². The number of nitrogens with one attached hydrogen (secondary N) is 1. The Morgan fingerprint density at radius 3 is 3.07 bits per heavy atom. The average molecular weight is 215 g/mol. The zero-order valence-corrected chi connectivity index (χ0v) is 10.1. The first kappa shape index (κ1) is 12.9. The Balaban J connectivity index is 1.90. The molecule has 90 valence electrons. The first-order valence-corrected chi connectivity index (χ1v) is 6.27. The van der Waals surface area contributed by atoms with E-state index in [2.05, 4.69) is 19.2 Å². The summed E-state index contributed by atoms with van der Waals surface area (Å²) in [5.74, 6) is 0. The van der Waals surface area contributed by atoms with Crippen LogP contribution < -0.4 is 5.32 Å². The Kier molecular flexibility index (Phi) is 6.98. The zero-order chi connectivity index (χ0) is 10.9. The molecule has 1 aliphatic rings.